The van der Waals surface area contributed by atoms with E-state index in [-0.39, 0.29) is 5.56 Å². The highest BCUT2D eigenvalue weighted by atomic mass is 16.5. The van der Waals surface area contributed by atoms with Gasteiger partial charge in [-0.15, -0.1) is 0 Å². The van der Waals surface area contributed by atoms with E-state index in [1.54, 1.807) is 21.5 Å². The SMILES string of the molecule is CN(C)CCOc1cccc(Nc2ncc3c(=O)n4n(c3n2)-c2cccc(n2)C(O)CC/C=C\C4)c1. The smallest absolute Gasteiger partial charge is 0.278 e. The zero-order chi connectivity index (χ0) is 25.1. The van der Waals surface area contributed by atoms with Crippen LogP contribution in [-0.4, -0.2) is 61.6 Å². The molecule has 10 heteroatoms. The minimum Gasteiger partial charge on any atom is -0.492 e. The number of allylic oxidation sites excluding steroid dienone is 2. The molecular formula is C26H29N7O3. The Morgan fingerprint density at radius 2 is 2.03 bits per heavy atom. The molecule has 5 rings (SSSR count). The third kappa shape index (κ3) is 5.00. The lowest BCUT2D eigenvalue weighted by Gasteiger charge is -2.13. The van der Waals surface area contributed by atoms with E-state index in [4.69, 9.17) is 4.74 Å². The second-order valence-electron chi connectivity index (χ2n) is 8.92. The first kappa shape index (κ1) is 23.7. The molecule has 0 saturated carbocycles. The molecule has 0 spiro atoms. The largest absolute Gasteiger partial charge is 0.492 e. The molecule has 36 heavy (non-hydrogen) atoms. The first-order chi connectivity index (χ1) is 17.5. The van der Waals surface area contributed by atoms with E-state index in [9.17, 15) is 9.90 Å². The van der Waals surface area contributed by atoms with Gasteiger partial charge in [-0.2, -0.15) is 4.98 Å². The molecule has 1 aliphatic heterocycles. The van der Waals surface area contributed by atoms with Crippen LogP contribution in [0.2, 0.25) is 0 Å². The third-order valence-corrected chi connectivity index (χ3v) is 5.94. The van der Waals surface area contributed by atoms with Gasteiger partial charge in [-0.05, 0) is 51.2 Å². The van der Waals surface area contributed by atoms with E-state index >= 15 is 0 Å². The average molecular weight is 488 g/mol. The average Bonchev–Trinajstić information content (AvgIpc) is 3.13. The molecule has 4 heterocycles. The van der Waals surface area contributed by atoms with Crippen molar-refractivity contribution in [3.8, 4) is 11.6 Å². The maximum absolute atomic E-state index is 13.3. The summed E-state index contributed by atoms with van der Waals surface area (Å²) in [5.41, 5.74) is 1.55. The lowest BCUT2D eigenvalue weighted by atomic mass is 10.1. The van der Waals surface area contributed by atoms with Crippen LogP contribution in [0, 0.1) is 0 Å². The van der Waals surface area contributed by atoms with Crippen LogP contribution in [0.4, 0.5) is 11.6 Å². The number of aromatic nitrogens is 5. The van der Waals surface area contributed by atoms with E-state index in [2.05, 4.69) is 25.2 Å². The predicted octanol–water partition coefficient (Wildman–Crippen LogP) is 3.04. The van der Waals surface area contributed by atoms with Crippen molar-refractivity contribution in [1.29, 1.82) is 0 Å². The van der Waals surface area contributed by atoms with E-state index in [1.807, 2.05) is 56.6 Å². The summed E-state index contributed by atoms with van der Waals surface area (Å²) >= 11 is 0. The number of hydrogen-bond donors (Lipinski definition) is 2. The van der Waals surface area contributed by atoms with Crippen LogP contribution >= 0.6 is 0 Å². The summed E-state index contributed by atoms with van der Waals surface area (Å²) in [6, 6.07) is 13.0. The van der Waals surface area contributed by atoms with E-state index in [0.717, 1.165) is 18.0 Å². The van der Waals surface area contributed by atoms with Crippen molar-refractivity contribution in [3.05, 3.63) is 76.9 Å². The van der Waals surface area contributed by atoms with Crippen LogP contribution in [0.1, 0.15) is 24.6 Å². The molecule has 0 radical (unpaired) electrons. The molecule has 2 N–H and O–H groups in total. The van der Waals surface area contributed by atoms with Gasteiger partial charge in [0.15, 0.2) is 11.5 Å². The highest BCUT2D eigenvalue weighted by Crippen LogP contribution is 2.23. The van der Waals surface area contributed by atoms with E-state index in [1.165, 1.54) is 6.20 Å². The Balaban J connectivity index is 1.53. The third-order valence-electron chi connectivity index (χ3n) is 5.94. The number of pyridine rings is 1. The molecule has 1 atom stereocenters. The normalized spacial score (nSPS) is 16.4. The molecule has 3 aromatic heterocycles. The van der Waals surface area contributed by atoms with Crippen molar-refractivity contribution in [2.45, 2.75) is 25.5 Å². The molecule has 10 nitrogen and oxygen atoms in total. The quantitative estimate of drug-likeness (QED) is 0.400. The topological polar surface area (TPSA) is 110 Å². The zero-order valence-corrected chi connectivity index (χ0v) is 20.3. The second kappa shape index (κ2) is 10.3. The number of anilines is 2. The van der Waals surface area contributed by atoms with Crippen molar-refractivity contribution in [1.82, 2.24) is 29.2 Å². The Morgan fingerprint density at radius 3 is 2.89 bits per heavy atom. The maximum Gasteiger partial charge on any atom is 0.278 e. The molecule has 0 amide bonds. The Kier molecular flexibility index (Phi) is 6.79. The number of hydrogen-bond acceptors (Lipinski definition) is 8. The van der Waals surface area contributed by atoms with Crippen molar-refractivity contribution >= 4 is 22.7 Å². The number of rotatable bonds is 6. The molecule has 1 aliphatic rings. The van der Waals surface area contributed by atoms with Crippen LogP contribution in [0.15, 0.2) is 65.6 Å². The molecular weight excluding hydrogens is 458 g/mol. The van der Waals surface area contributed by atoms with Gasteiger partial charge in [0.05, 0.1) is 18.3 Å². The molecule has 1 unspecified atom stereocenters. The van der Waals surface area contributed by atoms with Crippen molar-refractivity contribution in [3.63, 3.8) is 0 Å². The number of fused-ring (bicyclic) bond motifs is 6. The Labute approximate surface area is 208 Å². The summed E-state index contributed by atoms with van der Waals surface area (Å²) in [6.45, 7) is 1.74. The fraction of sp³-hybridized carbons (Fsp3) is 0.308. The molecule has 2 bridgehead atoms. The van der Waals surface area contributed by atoms with Gasteiger partial charge in [-0.1, -0.05) is 24.3 Å². The first-order valence-electron chi connectivity index (χ1n) is 11.9. The number of aliphatic hydroxyl groups is 1. The highest BCUT2D eigenvalue weighted by Gasteiger charge is 2.19. The van der Waals surface area contributed by atoms with Gasteiger partial charge in [0.1, 0.15) is 17.7 Å². The highest BCUT2D eigenvalue weighted by molar-refractivity contribution is 5.77. The summed E-state index contributed by atoms with van der Waals surface area (Å²) in [7, 11) is 4.00. The molecule has 0 aliphatic carbocycles. The fourth-order valence-electron chi connectivity index (χ4n) is 4.06. The number of nitrogens with one attached hydrogen (secondary N) is 1. The molecule has 4 aromatic rings. The molecule has 0 saturated heterocycles. The van der Waals surface area contributed by atoms with Crippen LogP contribution in [0.5, 0.6) is 5.75 Å². The van der Waals surface area contributed by atoms with Gasteiger partial charge < -0.3 is 20.1 Å². The number of nitrogens with zero attached hydrogens (tertiary/aromatic N) is 6. The van der Waals surface area contributed by atoms with Crippen LogP contribution in [0.25, 0.3) is 16.9 Å². The Bertz CT molecular complexity index is 1460. The first-order valence-corrected chi connectivity index (χ1v) is 11.9. The van der Waals surface area contributed by atoms with Gasteiger partial charge in [0.25, 0.3) is 5.56 Å². The van der Waals surface area contributed by atoms with E-state index in [0.29, 0.717) is 54.5 Å². The fourth-order valence-corrected chi connectivity index (χ4v) is 4.06. The van der Waals surface area contributed by atoms with Gasteiger partial charge in [0.2, 0.25) is 5.95 Å². The summed E-state index contributed by atoms with van der Waals surface area (Å²) in [4.78, 5) is 29.0. The Morgan fingerprint density at radius 1 is 1.17 bits per heavy atom. The zero-order valence-electron chi connectivity index (χ0n) is 20.3. The van der Waals surface area contributed by atoms with Crippen LogP contribution in [0.3, 0.4) is 0 Å². The Hall–Kier alpha value is -4.02. The van der Waals surface area contributed by atoms with Gasteiger partial charge in [-0.25, -0.2) is 19.3 Å². The standard InChI is InChI=1S/C26H29N7O3/c1-31(2)14-15-36-19-9-6-8-18(16-19)28-26-27-17-20-24(30-26)33-23-12-7-10-21(29-23)22(34)11-4-3-5-13-32(33)25(20)35/h3,5-10,12,16-17,22,34H,4,11,13-15H2,1-2H3,(H,27,28,30)/b5-3-. The number of likely N-dealkylation sites (N-methyl/N-ethyl adjacent to an activating group) is 1. The number of benzene rings is 1. The van der Waals surface area contributed by atoms with Crippen molar-refractivity contribution in [2.24, 2.45) is 0 Å². The van der Waals surface area contributed by atoms with Crippen molar-refractivity contribution < 1.29 is 9.84 Å². The summed E-state index contributed by atoms with van der Waals surface area (Å²) in [5, 5.41) is 14.1. The monoisotopic (exact) mass is 487 g/mol. The molecule has 186 valence electrons. The minimum absolute atomic E-state index is 0.204. The lowest BCUT2D eigenvalue weighted by Crippen LogP contribution is -2.22. The predicted molar refractivity (Wildman–Crippen MR) is 138 cm³/mol. The minimum atomic E-state index is -0.686. The van der Waals surface area contributed by atoms with Crippen LogP contribution in [-0.2, 0) is 6.54 Å². The molecule has 0 fully saturated rings. The summed E-state index contributed by atoms with van der Waals surface area (Å²) < 4.78 is 9.11. The van der Waals surface area contributed by atoms with Crippen molar-refractivity contribution in [2.75, 3.05) is 32.6 Å². The van der Waals surface area contributed by atoms with Gasteiger partial charge in [0, 0.05) is 24.5 Å². The number of aliphatic hydroxyl groups excluding tert-OH is 1. The van der Waals surface area contributed by atoms with E-state index < -0.39 is 6.10 Å². The molecule has 1 aromatic carbocycles. The van der Waals surface area contributed by atoms with Gasteiger partial charge >= 0.3 is 0 Å². The number of ether oxygens (including phenoxy) is 1. The van der Waals surface area contributed by atoms with Gasteiger partial charge in [-0.3, -0.25) is 4.79 Å². The second-order valence-corrected chi connectivity index (χ2v) is 8.92. The maximum atomic E-state index is 13.3. The van der Waals surface area contributed by atoms with Crippen LogP contribution < -0.4 is 15.6 Å². The summed E-state index contributed by atoms with van der Waals surface area (Å²) in [5.74, 6) is 1.59. The summed E-state index contributed by atoms with van der Waals surface area (Å²) in [6.07, 6.45) is 5.99. The lowest BCUT2D eigenvalue weighted by molar-refractivity contribution is 0.164.